The molecule has 0 aromatic heterocycles. The van der Waals surface area contributed by atoms with Crippen LogP contribution in [-0.4, -0.2) is 33.5 Å². The van der Waals surface area contributed by atoms with Crippen molar-refractivity contribution in [2.24, 2.45) is 0 Å². The molecule has 21 heavy (non-hydrogen) atoms. The molecule has 0 saturated carbocycles. The molecular weight excluding hydrogens is 314 g/mol. The third-order valence-electron chi connectivity index (χ3n) is 2.34. The van der Waals surface area contributed by atoms with Crippen LogP contribution in [0.4, 0.5) is 5.69 Å². The van der Waals surface area contributed by atoms with Gasteiger partial charge in [0.15, 0.2) is 0 Å². The van der Waals surface area contributed by atoms with Crippen molar-refractivity contribution in [1.82, 2.24) is 9.44 Å². The number of nitrogens with one attached hydrogen (secondary N) is 2. The number of hydrogen-bond acceptors (Lipinski definition) is 4. The lowest BCUT2D eigenvalue weighted by molar-refractivity contribution is -0.118. The van der Waals surface area contributed by atoms with Crippen LogP contribution in [0.3, 0.4) is 0 Å². The molecule has 8 heteroatoms. The van der Waals surface area contributed by atoms with Crippen LogP contribution in [0, 0.1) is 0 Å². The SMILES string of the molecule is CN(CC(=O)NS(=O)(=O)NC(C)(C)C)c1ccc(Cl)cc1. The summed E-state index contributed by atoms with van der Waals surface area (Å²) in [5.74, 6) is -0.621. The quantitative estimate of drug-likeness (QED) is 0.856. The second-order valence-corrected chi connectivity index (χ2v) is 7.56. The van der Waals surface area contributed by atoms with Gasteiger partial charge in [0, 0.05) is 23.3 Å². The smallest absolute Gasteiger partial charge is 0.301 e. The van der Waals surface area contributed by atoms with Gasteiger partial charge in [-0.3, -0.25) is 4.79 Å². The normalized spacial score (nSPS) is 12.0. The molecule has 0 aliphatic carbocycles. The van der Waals surface area contributed by atoms with Crippen LogP contribution < -0.4 is 14.3 Å². The number of halogens is 1. The summed E-state index contributed by atoms with van der Waals surface area (Å²) in [6, 6.07) is 6.89. The van der Waals surface area contributed by atoms with Gasteiger partial charge in [-0.25, -0.2) is 4.72 Å². The topological polar surface area (TPSA) is 78.5 Å². The summed E-state index contributed by atoms with van der Waals surface area (Å²) in [4.78, 5) is 13.4. The Kier molecular flexibility index (Phi) is 5.61. The van der Waals surface area contributed by atoms with E-state index in [0.29, 0.717) is 5.02 Å². The van der Waals surface area contributed by atoms with Crippen LogP contribution in [0.15, 0.2) is 24.3 Å². The third kappa shape index (κ3) is 6.79. The van der Waals surface area contributed by atoms with E-state index in [1.54, 1.807) is 57.0 Å². The molecule has 1 amide bonds. The minimum Gasteiger partial charge on any atom is -0.365 e. The number of hydrogen-bond donors (Lipinski definition) is 2. The maximum absolute atomic E-state index is 11.8. The average Bonchev–Trinajstić information content (AvgIpc) is 2.24. The highest BCUT2D eigenvalue weighted by Gasteiger charge is 2.22. The second kappa shape index (κ2) is 6.64. The molecule has 0 radical (unpaired) electrons. The summed E-state index contributed by atoms with van der Waals surface area (Å²) in [5.41, 5.74) is 0.101. The Hall–Kier alpha value is -1.31. The Labute approximate surface area is 130 Å². The Morgan fingerprint density at radius 2 is 1.76 bits per heavy atom. The van der Waals surface area contributed by atoms with Gasteiger partial charge in [-0.1, -0.05) is 11.6 Å². The van der Waals surface area contributed by atoms with Gasteiger partial charge in [0.05, 0.1) is 6.54 Å². The van der Waals surface area contributed by atoms with Gasteiger partial charge in [-0.2, -0.15) is 13.1 Å². The standard InChI is InChI=1S/C13H20ClN3O3S/c1-13(2,3)16-21(19,20)15-12(18)9-17(4)11-7-5-10(14)6-8-11/h5-8,16H,9H2,1-4H3,(H,15,18). The van der Waals surface area contributed by atoms with Gasteiger partial charge in [0.2, 0.25) is 0 Å². The maximum Gasteiger partial charge on any atom is 0.301 e. The Balaban J connectivity index is 2.63. The number of carbonyl (C=O) groups is 1. The van der Waals surface area contributed by atoms with Crippen LogP contribution in [-0.2, 0) is 15.0 Å². The van der Waals surface area contributed by atoms with Gasteiger partial charge in [-0.05, 0) is 45.0 Å². The van der Waals surface area contributed by atoms with Crippen LogP contribution >= 0.6 is 11.6 Å². The molecule has 0 atom stereocenters. The van der Waals surface area contributed by atoms with E-state index in [4.69, 9.17) is 11.6 Å². The first kappa shape index (κ1) is 17.7. The first-order chi connectivity index (χ1) is 9.48. The van der Waals surface area contributed by atoms with E-state index in [0.717, 1.165) is 5.69 Å². The lowest BCUT2D eigenvalue weighted by atomic mass is 10.1. The second-order valence-electron chi connectivity index (χ2n) is 5.71. The van der Waals surface area contributed by atoms with E-state index < -0.39 is 21.7 Å². The predicted octanol–water partition coefficient (Wildman–Crippen LogP) is 1.53. The van der Waals surface area contributed by atoms with E-state index in [1.807, 2.05) is 4.72 Å². The zero-order chi connectivity index (χ0) is 16.3. The molecule has 0 fully saturated rings. The molecule has 0 heterocycles. The summed E-state index contributed by atoms with van der Waals surface area (Å²) in [6.45, 7) is 4.98. The fraction of sp³-hybridized carbons (Fsp3) is 0.462. The molecule has 118 valence electrons. The van der Waals surface area contributed by atoms with Crippen molar-refractivity contribution in [3.63, 3.8) is 0 Å². The zero-order valence-electron chi connectivity index (χ0n) is 12.5. The highest BCUT2D eigenvalue weighted by molar-refractivity contribution is 7.88. The maximum atomic E-state index is 11.8. The van der Waals surface area contributed by atoms with Gasteiger partial charge in [-0.15, -0.1) is 0 Å². The molecular formula is C13H20ClN3O3S. The number of carbonyl (C=O) groups excluding carboxylic acids is 1. The number of benzene rings is 1. The molecule has 0 bridgehead atoms. The van der Waals surface area contributed by atoms with Crippen molar-refractivity contribution in [2.45, 2.75) is 26.3 Å². The molecule has 0 spiro atoms. The molecule has 2 N–H and O–H groups in total. The molecule has 0 aliphatic rings. The van der Waals surface area contributed by atoms with Crippen molar-refractivity contribution in [2.75, 3.05) is 18.5 Å². The summed E-state index contributed by atoms with van der Waals surface area (Å²) in [6.07, 6.45) is 0. The Bertz CT molecular complexity index is 594. The molecule has 6 nitrogen and oxygen atoms in total. The summed E-state index contributed by atoms with van der Waals surface area (Å²) < 4.78 is 27.8. The number of anilines is 1. The summed E-state index contributed by atoms with van der Waals surface area (Å²) >= 11 is 5.79. The fourth-order valence-electron chi connectivity index (χ4n) is 1.61. The van der Waals surface area contributed by atoms with E-state index in [-0.39, 0.29) is 6.54 Å². The molecule has 0 unspecified atom stereocenters. The minimum absolute atomic E-state index is 0.0906. The predicted molar refractivity (Wildman–Crippen MR) is 84.7 cm³/mol. The third-order valence-corrected chi connectivity index (χ3v) is 3.97. The first-order valence-electron chi connectivity index (χ1n) is 6.30. The largest absolute Gasteiger partial charge is 0.365 e. The van der Waals surface area contributed by atoms with Crippen LogP contribution in [0.1, 0.15) is 20.8 Å². The van der Waals surface area contributed by atoms with Crippen molar-refractivity contribution in [3.8, 4) is 0 Å². The zero-order valence-corrected chi connectivity index (χ0v) is 14.0. The van der Waals surface area contributed by atoms with E-state index in [2.05, 4.69) is 4.72 Å². The molecule has 1 rings (SSSR count). The Morgan fingerprint density at radius 1 is 1.24 bits per heavy atom. The van der Waals surface area contributed by atoms with Gasteiger partial charge >= 0.3 is 10.2 Å². The lowest BCUT2D eigenvalue weighted by Crippen LogP contribution is -2.50. The monoisotopic (exact) mass is 333 g/mol. The van der Waals surface area contributed by atoms with E-state index in [9.17, 15) is 13.2 Å². The van der Waals surface area contributed by atoms with E-state index in [1.165, 1.54) is 0 Å². The van der Waals surface area contributed by atoms with Crippen molar-refractivity contribution < 1.29 is 13.2 Å². The average molecular weight is 334 g/mol. The van der Waals surface area contributed by atoms with Crippen molar-refractivity contribution in [3.05, 3.63) is 29.3 Å². The lowest BCUT2D eigenvalue weighted by Gasteiger charge is -2.22. The van der Waals surface area contributed by atoms with Crippen LogP contribution in [0.2, 0.25) is 5.02 Å². The highest BCUT2D eigenvalue weighted by atomic mass is 35.5. The van der Waals surface area contributed by atoms with Crippen LogP contribution in [0.5, 0.6) is 0 Å². The number of rotatable bonds is 5. The van der Waals surface area contributed by atoms with Crippen LogP contribution in [0.25, 0.3) is 0 Å². The minimum atomic E-state index is -3.87. The molecule has 0 saturated heterocycles. The van der Waals surface area contributed by atoms with E-state index >= 15 is 0 Å². The molecule has 0 aliphatic heterocycles. The van der Waals surface area contributed by atoms with Gasteiger partial charge < -0.3 is 4.90 Å². The number of amides is 1. The molecule has 1 aromatic carbocycles. The van der Waals surface area contributed by atoms with Crippen molar-refractivity contribution >= 4 is 33.4 Å². The van der Waals surface area contributed by atoms with Gasteiger partial charge in [0.25, 0.3) is 5.91 Å². The molecule has 1 aromatic rings. The summed E-state index contributed by atoms with van der Waals surface area (Å²) in [5, 5.41) is 0.591. The fourth-order valence-corrected chi connectivity index (χ4v) is 2.96. The van der Waals surface area contributed by atoms with Gasteiger partial charge in [0.1, 0.15) is 0 Å². The number of likely N-dealkylation sites (N-methyl/N-ethyl adjacent to an activating group) is 1. The number of nitrogens with zero attached hydrogens (tertiary/aromatic N) is 1. The Morgan fingerprint density at radius 3 is 2.24 bits per heavy atom. The highest BCUT2D eigenvalue weighted by Crippen LogP contribution is 2.16. The first-order valence-corrected chi connectivity index (χ1v) is 8.16. The summed E-state index contributed by atoms with van der Waals surface area (Å²) in [7, 11) is -2.18. The van der Waals surface area contributed by atoms with Crippen molar-refractivity contribution in [1.29, 1.82) is 0 Å².